The van der Waals surface area contributed by atoms with Gasteiger partial charge in [-0.25, -0.2) is 13.8 Å². The zero-order valence-electron chi connectivity index (χ0n) is 9.24. The van der Waals surface area contributed by atoms with Gasteiger partial charge in [0.05, 0.1) is 31.9 Å². The van der Waals surface area contributed by atoms with Crippen molar-refractivity contribution in [1.29, 1.82) is 0 Å². The molecule has 1 N–H and O–H groups in total. The quantitative estimate of drug-likeness (QED) is 0.857. The van der Waals surface area contributed by atoms with E-state index in [9.17, 15) is 13.6 Å². The van der Waals surface area contributed by atoms with Crippen LogP contribution in [0.1, 0.15) is 17.7 Å². The molecule has 5 nitrogen and oxygen atoms in total. The molecule has 0 bridgehead atoms. The first-order valence-electron chi connectivity index (χ1n) is 4.61. The Bertz CT molecular complexity index is 423. The third-order valence-corrected chi connectivity index (χ3v) is 2.04. The van der Waals surface area contributed by atoms with Gasteiger partial charge in [-0.3, -0.25) is 4.79 Å². The van der Waals surface area contributed by atoms with Crippen LogP contribution in [0.15, 0.2) is 6.07 Å². The molecule has 0 spiro atoms. The molecule has 7 heteroatoms. The minimum atomic E-state index is -2.86. The minimum absolute atomic E-state index is 0.0301. The molecule has 1 heterocycles. The highest BCUT2D eigenvalue weighted by Gasteiger charge is 2.23. The largest absolute Gasteiger partial charge is 0.496 e. The first kappa shape index (κ1) is 13.1. The van der Waals surface area contributed by atoms with Gasteiger partial charge in [-0.15, -0.1) is 0 Å². The number of aliphatic carboxylic acids is 1. The number of hydrogen-bond donors (Lipinski definition) is 1. The maximum atomic E-state index is 12.8. The molecule has 0 aliphatic carbocycles. The molecular weight excluding hydrogens is 236 g/mol. The number of hydrogen-bond acceptors (Lipinski definition) is 4. The molecule has 0 saturated heterocycles. The highest BCUT2D eigenvalue weighted by atomic mass is 19.3. The van der Waals surface area contributed by atoms with Crippen molar-refractivity contribution in [3.8, 4) is 11.6 Å². The summed E-state index contributed by atoms with van der Waals surface area (Å²) in [5.41, 5.74) is -0.778. The summed E-state index contributed by atoms with van der Waals surface area (Å²) in [6, 6.07) is 1.19. The van der Waals surface area contributed by atoms with E-state index < -0.39 is 24.4 Å². The van der Waals surface area contributed by atoms with Crippen LogP contribution in [-0.4, -0.2) is 30.3 Å². The van der Waals surface area contributed by atoms with Crippen LogP contribution >= 0.6 is 0 Å². The van der Waals surface area contributed by atoms with Crippen molar-refractivity contribution >= 4 is 5.97 Å². The van der Waals surface area contributed by atoms with E-state index in [1.54, 1.807) is 0 Å². The molecule has 1 aromatic heterocycles. The third-order valence-electron chi connectivity index (χ3n) is 2.04. The molecule has 94 valence electrons. The molecule has 0 amide bonds. The van der Waals surface area contributed by atoms with E-state index in [-0.39, 0.29) is 17.3 Å². The number of ether oxygens (including phenoxy) is 2. The van der Waals surface area contributed by atoms with Crippen molar-refractivity contribution in [3.05, 3.63) is 17.3 Å². The van der Waals surface area contributed by atoms with E-state index in [2.05, 4.69) is 4.98 Å². The van der Waals surface area contributed by atoms with Gasteiger partial charge < -0.3 is 14.6 Å². The van der Waals surface area contributed by atoms with Crippen molar-refractivity contribution in [1.82, 2.24) is 4.98 Å². The van der Waals surface area contributed by atoms with Crippen molar-refractivity contribution in [3.63, 3.8) is 0 Å². The Hall–Kier alpha value is -1.92. The minimum Gasteiger partial charge on any atom is -0.496 e. The second-order valence-corrected chi connectivity index (χ2v) is 3.10. The Morgan fingerprint density at radius 3 is 2.53 bits per heavy atom. The van der Waals surface area contributed by atoms with Crippen LogP contribution in [0.5, 0.6) is 11.6 Å². The van der Waals surface area contributed by atoms with Crippen LogP contribution < -0.4 is 9.47 Å². The maximum Gasteiger partial charge on any atom is 0.309 e. The molecule has 0 atom stereocenters. The van der Waals surface area contributed by atoms with Crippen LogP contribution in [0.2, 0.25) is 0 Å². The Balaban J connectivity index is 3.35. The molecule has 1 rings (SSSR count). The molecule has 1 aromatic rings. The molecule has 0 aliphatic heterocycles. The highest BCUT2D eigenvalue weighted by Crippen LogP contribution is 2.34. The lowest BCUT2D eigenvalue weighted by molar-refractivity contribution is -0.136. The topological polar surface area (TPSA) is 68.7 Å². The van der Waals surface area contributed by atoms with E-state index in [1.807, 2.05) is 0 Å². The number of carbonyl (C=O) groups is 1. The van der Waals surface area contributed by atoms with Gasteiger partial charge in [0.1, 0.15) is 5.75 Å². The molecule has 17 heavy (non-hydrogen) atoms. The lowest BCUT2D eigenvalue weighted by Gasteiger charge is -2.13. The number of aromatic nitrogens is 1. The van der Waals surface area contributed by atoms with Gasteiger partial charge in [0.25, 0.3) is 6.43 Å². The number of halogens is 2. The predicted octanol–water partition coefficient (Wildman–Crippen LogP) is 1.66. The van der Waals surface area contributed by atoms with Gasteiger partial charge in [-0.05, 0) is 0 Å². The van der Waals surface area contributed by atoms with Crippen molar-refractivity contribution in [2.45, 2.75) is 12.8 Å². The van der Waals surface area contributed by atoms with E-state index in [4.69, 9.17) is 14.6 Å². The van der Waals surface area contributed by atoms with Crippen LogP contribution in [0.4, 0.5) is 8.78 Å². The number of pyridine rings is 1. The summed E-state index contributed by atoms with van der Waals surface area (Å²) in [6.07, 6.45) is -3.48. The van der Waals surface area contributed by atoms with Gasteiger partial charge in [-0.2, -0.15) is 0 Å². The zero-order chi connectivity index (χ0) is 13.0. The van der Waals surface area contributed by atoms with Crippen molar-refractivity contribution < 1.29 is 28.2 Å². The van der Waals surface area contributed by atoms with E-state index in [0.29, 0.717) is 0 Å². The average Bonchev–Trinajstić information content (AvgIpc) is 2.26. The van der Waals surface area contributed by atoms with Gasteiger partial charge in [-0.1, -0.05) is 0 Å². The Morgan fingerprint density at radius 2 is 2.12 bits per heavy atom. The fraction of sp³-hybridized carbons (Fsp3) is 0.400. The predicted molar refractivity (Wildman–Crippen MR) is 53.6 cm³/mol. The normalized spacial score (nSPS) is 10.4. The Labute approximate surface area is 96.0 Å². The van der Waals surface area contributed by atoms with Crippen molar-refractivity contribution in [2.24, 2.45) is 0 Å². The molecule has 0 radical (unpaired) electrons. The third kappa shape index (κ3) is 3.02. The maximum absolute atomic E-state index is 12.8. The molecular formula is C10H11F2NO4. The van der Waals surface area contributed by atoms with Gasteiger partial charge in [0.15, 0.2) is 0 Å². The first-order valence-corrected chi connectivity index (χ1v) is 4.61. The zero-order valence-corrected chi connectivity index (χ0v) is 9.24. The van der Waals surface area contributed by atoms with E-state index in [0.717, 1.165) is 0 Å². The summed E-state index contributed by atoms with van der Waals surface area (Å²) in [6.45, 7) is 0. The van der Waals surface area contributed by atoms with Crippen molar-refractivity contribution in [2.75, 3.05) is 14.2 Å². The second kappa shape index (κ2) is 5.42. The number of nitrogens with zero attached hydrogens (tertiary/aromatic N) is 1. The smallest absolute Gasteiger partial charge is 0.309 e. The van der Waals surface area contributed by atoms with Crippen LogP contribution in [0.3, 0.4) is 0 Å². The molecule has 0 aromatic carbocycles. The first-order chi connectivity index (χ1) is 7.99. The molecule has 0 aliphatic rings. The standard InChI is InChI=1S/C10H11F2NO4/c1-16-6-4-7(17-2)13-5(3-8(14)15)9(6)10(11)12/h4,10H,3H2,1-2H3,(H,14,15). The Morgan fingerprint density at radius 1 is 1.47 bits per heavy atom. The summed E-state index contributed by atoms with van der Waals surface area (Å²) in [7, 11) is 2.51. The second-order valence-electron chi connectivity index (χ2n) is 3.10. The Kier molecular flexibility index (Phi) is 4.19. The SMILES string of the molecule is COc1cc(OC)c(C(F)F)c(CC(=O)O)n1. The van der Waals surface area contributed by atoms with E-state index >= 15 is 0 Å². The van der Waals surface area contributed by atoms with Gasteiger partial charge in [0.2, 0.25) is 5.88 Å². The summed E-state index contributed by atoms with van der Waals surface area (Å²) >= 11 is 0. The van der Waals surface area contributed by atoms with Crippen LogP contribution in [0, 0.1) is 0 Å². The van der Waals surface area contributed by atoms with Crippen LogP contribution in [-0.2, 0) is 11.2 Å². The summed E-state index contributed by atoms with van der Waals surface area (Å²) in [5, 5.41) is 8.63. The number of carboxylic acid groups (broad SMARTS) is 1. The summed E-state index contributed by atoms with van der Waals surface area (Å²) < 4.78 is 35.2. The fourth-order valence-corrected chi connectivity index (χ4v) is 1.34. The molecule has 0 unspecified atom stereocenters. The number of rotatable bonds is 5. The lowest BCUT2D eigenvalue weighted by atomic mass is 10.1. The number of alkyl halides is 2. The summed E-state index contributed by atoms with van der Waals surface area (Å²) in [5.74, 6) is -1.36. The fourth-order valence-electron chi connectivity index (χ4n) is 1.34. The van der Waals surface area contributed by atoms with E-state index in [1.165, 1.54) is 20.3 Å². The average molecular weight is 247 g/mol. The monoisotopic (exact) mass is 247 g/mol. The van der Waals surface area contributed by atoms with Gasteiger partial charge >= 0.3 is 5.97 Å². The van der Waals surface area contributed by atoms with Crippen LogP contribution in [0.25, 0.3) is 0 Å². The highest BCUT2D eigenvalue weighted by molar-refractivity contribution is 5.70. The van der Waals surface area contributed by atoms with Gasteiger partial charge in [0, 0.05) is 6.07 Å². The molecule has 0 saturated carbocycles. The number of carboxylic acids is 1. The summed E-state index contributed by atoms with van der Waals surface area (Å²) in [4.78, 5) is 14.3. The lowest BCUT2D eigenvalue weighted by Crippen LogP contribution is -2.09. The molecule has 0 fully saturated rings. The number of methoxy groups -OCH3 is 2.